The number of carbonyl (C=O) groups excluding carboxylic acids is 3. The van der Waals surface area contributed by atoms with Crippen molar-refractivity contribution in [2.24, 2.45) is 17.3 Å². The summed E-state index contributed by atoms with van der Waals surface area (Å²) in [6, 6.07) is 15.1. The zero-order valence-electron chi connectivity index (χ0n) is 23.6. The number of esters is 1. The summed E-state index contributed by atoms with van der Waals surface area (Å²) in [5, 5.41) is 12.6. The monoisotopic (exact) mass is 552 g/mol. The third-order valence-electron chi connectivity index (χ3n) is 7.22. The molecule has 0 radical (unpaired) electrons. The van der Waals surface area contributed by atoms with Crippen LogP contribution in [0.25, 0.3) is 0 Å². The maximum atomic E-state index is 13.4. The van der Waals surface area contributed by atoms with E-state index < -0.39 is 23.3 Å². The highest BCUT2D eigenvalue weighted by molar-refractivity contribution is 5.86. The van der Waals surface area contributed by atoms with Gasteiger partial charge in [0.2, 0.25) is 11.8 Å². The molecule has 3 rings (SSSR count). The van der Waals surface area contributed by atoms with Gasteiger partial charge in [-0.2, -0.15) is 0 Å². The van der Waals surface area contributed by atoms with Gasteiger partial charge < -0.3 is 20.1 Å². The number of benzene rings is 2. The lowest BCUT2D eigenvalue weighted by molar-refractivity contribution is -0.151. The van der Waals surface area contributed by atoms with Crippen LogP contribution in [-0.2, 0) is 32.1 Å². The smallest absolute Gasteiger partial charge is 0.309 e. The lowest BCUT2D eigenvalue weighted by Crippen LogP contribution is -2.50. The Morgan fingerprint density at radius 1 is 1.00 bits per heavy atom. The minimum atomic E-state index is -0.628. The molecule has 2 aromatic rings. The molecule has 1 aliphatic heterocycles. The van der Waals surface area contributed by atoms with Crippen LogP contribution in [0.4, 0.5) is 4.39 Å². The van der Waals surface area contributed by atoms with Gasteiger partial charge in [-0.15, -0.1) is 0 Å². The summed E-state index contributed by atoms with van der Waals surface area (Å²) < 4.78 is 19.1. The maximum Gasteiger partial charge on any atom is 0.309 e. The molecular weight excluding hydrogens is 511 g/mol. The molecule has 216 valence electrons. The Bertz CT molecular complexity index is 1140. The van der Waals surface area contributed by atoms with Gasteiger partial charge in [0.25, 0.3) is 0 Å². The Balaban J connectivity index is 1.80. The number of aliphatic hydroxyl groups is 1. The number of allylic oxidation sites excluding steroid dienone is 2. The predicted molar refractivity (Wildman–Crippen MR) is 151 cm³/mol. The number of hydrogen-bond acceptors (Lipinski definition) is 5. The number of carbonyl (C=O) groups is 3. The standard InChI is InChI=1S/C32H41FN2O5/c1-32(2,3)28-22-40-31(39)26(19-23-13-15-27(33)16-14-23)12-8-7-11-25(30(38)34-28)20-29(37)35(17-18-36)21-24-9-5-4-6-10-24/h4-10,13-16,25-26,28,36H,11-12,17-22H2,1-3H3,(H,34,38)/b8-7-/t25-,26+,28+/m1/s1. The lowest BCUT2D eigenvalue weighted by atomic mass is 9.86. The molecule has 1 heterocycles. The van der Waals surface area contributed by atoms with E-state index in [-0.39, 0.29) is 49.8 Å². The summed E-state index contributed by atoms with van der Waals surface area (Å²) in [5.74, 6) is -2.30. The van der Waals surface area contributed by atoms with Crippen molar-refractivity contribution in [2.45, 2.75) is 59.0 Å². The summed E-state index contributed by atoms with van der Waals surface area (Å²) >= 11 is 0. The predicted octanol–water partition coefficient (Wildman–Crippen LogP) is 4.44. The van der Waals surface area contributed by atoms with Gasteiger partial charge in [0.1, 0.15) is 12.4 Å². The summed E-state index contributed by atoms with van der Waals surface area (Å²) in [6.45, 7) is 6.20. The molecule has 2 N–H and O–H groups in total. The highest BCUT2D eigenvalue weighted by Crippen LogP contribution is 2.24. The SMILES string of the molecule is CC(C)(C)[C@@H]1COC(=O)[C@H](Cc2ccc(F)cc2)C/C=C\C[C@H](CC(=O)N(CCO)Cc2ccccc2)C(=O)N1. The number of halogens is 1. The van der Waals surface area contributed by atoms with Crippen molar-refractivity contribution in [3.05, 3.63) is 83.7 Å². The Hall–Kier alpha value is -3.52. The molecule has 0 saturated heterocycles. The van der Waals surface area contributed by atoms with Crippen LogP contribution in [-0.4, -0.2) is 53.6 Å². The quantitative estimate of drug-likeness (QED) is 0.373. The molecule has 0 bridgehead atoms. The summed E-state index contributed by atoms with van der Waals surface area (Å²) in [5.41, 5.74) is 1.36. The molecule has 0 aromatic heterocycles. The minimum Gasteiger partial charge on any atom is -0.463 e. The lowest BCUT2D eigenvalue weighted by Gasteiger charge is -2.33. The molecular formula is C32H41FN2O5. The van der Waals surface area contributed by atoms with Crippen LogP contribution in [0, 0.1) is 23.1 Å². The van der Waals surface area contributed by atoms with Crippen molar-refractivity contribution in [1.82, 2.24) is 10.2 Å². The van der Waals surface area contributed by atoms with E-state index in [2.05, 4.69) is 5.32 Å². The summed E-state index contributed by atoms with van der Waals surface area (Å²) in [6.07, 6.45) is 4.78. The van der Waals surface area contributed by atoms with Gasteiger partial charge in [0.15, 0.2) is 0 Å². The Morgan fingerprint density at radius 3 is 2.27 bits per heavy atom. The molecule has 7 nitrogen and oxygen atoms in total. The van der Waals surface area contributed by atoms with Gasteiger partial charge in [-0.05, 0) is 47.9 Å². The van der Waals surface area contributed by atoms with Crippen LogP contribution >= 0.6 is 0 Å². The number of cyclic esters (lactones) is 1. The van der Waals surface area contributed by atoms with E-state index in [1.807, 2.05) is 63.3 Å². The van der Waals surface area contributed by atoms with E-state index in [1.165, 1.54) is 12.1 Å². The Kier molecular flexibility index (Phi) is 11.4. The van der Waals surface area contributed by atoms with Crippen molar-refractivity contribution in [3.63, 3.8) is 0 Å². The molecule has 0 saturated carbocycles. The van der Waals surface area contributed by atoms with Crippen molar-refractivity contribution < 1.29 is 28.6 Å². The number of hydrogen-bond donors (Lipinski definition) is 2. The molecule has 1 aliphatic rings. The molecule has 0 unspecified atom stereocenters. The second kappa shape index (κ2) is 14.7. The van der Waals surface area contributed by atoms with Gasteiger partial charge in [0.05, 0.1) is 24.5 Å². The molecule has 2 amide bonds. The van der Waals surface area contributed by atoms with Crippen LogP contribution in [0.3, 0.4) is 0 Å². The van der Waals surface area contributed by atoms with E-state index in [0.29, 0.717) is 25.8 Å². The molecule has 40 heavy (non-hydrogen) atoms. The molecule has 2 aromatic carbocycles. The highest BCUT2D eigenvalue weighted by Gasteiger charge is 2.33. The van der Waals surface area contributed by atoms with Gasteiger partial charge in [-0.3, -0.25) is 14.4 Å². The van der Waals surface area contributed by atoms with Gasteiger partial charge in [0, 0.05) is 19.5 Å². The second-order valence-corrected chi connectivity index (χ2v) is 11.5. The van der Waals surface area contributed by atoms with E-state index in [9.17, 15) is 23.9 Å². The highest BCUT2D eigenvalue weighted by atomic mass is 19.1. The average Bonchev–Trinajstić information content (AvgIpc) is 2.91. The van der Waals surface area contributed by atoms with Gasteiger partial charge in [-0.25, -0.2) is 4.39 Å². The first kappa shape index (κ1) is 31.0. The zero-order chi connectivity index (χ0) is 29.1. The normalized spacial score (nSPS) is 21.4. The number of rotatable bonds is 8. The maximum absolute atomic E-state index is 13.4. The summed E-state index contributed by atoms with van der Waals surface area (Å²) in [4.78, 5) is 41.4. The fourth-order valence-corrected chi connectivity index (χ4v) is 4.61. The van der Waals surface area contributed by atoms with Crippen LogP contribution in [0.5, 0.6) is 0 Å². The van der Waals surface area contributed by atoms with Crippen molar-refractivity contribution in [1.29, 1.82) is 0 Å². The minimum absolute atomic E-state index is 0.00299. The number of ether oxygens (including phenoxy) is 1. The number of nitrogens with one attached hydrogen (secondary N) is 1. The summed E-state index contributed by atoms with van der Waals surface area (Å²) in [7, 11) is 0. The van der Waals surface area contributed by atoms with Gasteiger partial charge >= 0.3 is 5.97 Å². The van der Waals surface area contributed by atoms with Crippen LogP contribution in [0.1, 0.15) is 51.2 Å². The molecule has 8 heteroatoms. The molecule has 0 aliphatic carbocycles. The van der Waals surface area contributed by atoms with E-state index in [1.54, 1.807) is 17.0 Å². The number of aliphatic hydroxyl groups excluding tert-OH is 1. The van der Waals surface area contributed by atoms with Crippen molar-refractivity contribution in [2.75, 3.05) is 19.8 Å². The Labute approximate surface area is 236 Å². The molecule has 3 atom stereocenters. The van der Waals surface area contributed by atoms with Gasteiger partial charge in [-0.1, -0.05) is 75.4 Å². The first-order valence-corrected chi connectivity index (χ1v) is 13.9. The largest absolute Gasteiger partial charge is 0.463 e. The molecule has 0 fully saturated rings. The van der Waals surface area contributed by atoms with E-state index in [0.717, 1.165) is 11.1 Å². The third-order valence-corrected chi connectivity index (χ3v) is 7.22. The second-order valence-electron chi connectivity index (χ2n) is 11.5. The van der Waals surface area contributed by atoms with E-state index >= 15 is 0 Å². The first-order valence-electron chi connectivity index (χ1n) is 13.9. The van der Waals surface area contributed by atoms with Crippen molar-refractivity contribution in [3.8, 4) is 0 Å². The molecule has 0 spiro atoms. The number of nitrogens with zero attached hydrogens (tertiary/aromatic N) is 1. The Morgan fingerprint density at radius 2 is 1.65 bits per heavy atom. The number of amides is 2. The van der Waals surface area contributed by atoms with Crippen LogP contribution < -0.4 is 5.32 Å². The first-order chi connectivity index (χ1) is 19.1. The zero-order valence-corrected chi connectivity index (χ0v) is 23.6. The third kappa shape index (κ3) is 9.59. The fourth-order valence-electron chi connectivity index (χ4n) is 4.61. The van der Waals surface area contributed by atoms with Crippen molar-refractivity contribution >= 4 is 17.8 Å². The van der Waals surface area contributed by atoms with E-state index in [4.69, 9.17) is 4.74 Å². The fraction of sp³-hybridized carbons (Fsp3) is 0.469. The topological polar surface area (TPSA) is 95.9 Å². The average molecular weight is 553 g/mol. The van der Waals surface area contributed by atoms with Crippen LogP contribution in [0.2, 0.25) is 0 Å². The van der Waals surface area contributed by atoms with Crippen LogP contribution in [0.15, 0.2) is 66.7 Å².